The smallest absolute Gasteiger partial charge is 0.234 e. The van der Waals surface area contributed by atoms with Crippen molar-refractivity contribution in [2.75, 3.05) is 25.3 Å². The summed E-state index contributed by atoms with van der Waals surface area (Å²) in [6, 6.07) is 12.9. The topological polar surface area (TPSA) is 91.4 Å². The summed E-state index contributed by atoms with van der Waals surface area (Å²) in [6.07, 6.45) is 1.09. The first-order valence-corrected chi connectivity index (χ1v) is 9.20. The number of nitrogens with zero attached hydrogens (tertiary/aromatic N) is 3. The Morgan fingerprint density at radius 3 is 2.63 bits per heavy atom. The van der Waals surface area contributed by atoms with Crippen LogP contribution in [0, 0.1) is 0 Å². The van der Waals surface area contributed by atoms with Crippen LogP contribution in [0.5, 0.6) is 0 Å². The molecule has 0 aliphatic rings. The number of carbonyl (C=O) groups is 1. The van der Waals surface area contributed by atoms with Crippen LogP contribution in [0.4, 0.5) is 5.69 Å². The molecular formula is C18H20N4O4S. The normalized spacial score (nSPS) is 11.1. The monoisotopic (exact) mass is 388 g/mol. The molecule has 27 heavy (non-hydrogen) atoms. The molecular weight excluding hydrogens is 368 g/mol. The molecule has 0 atom stereocenters. The fourth-order valence-electron chi connectivity index (χ4n) is 2.39. The molecule has 0 aliphatic heterocycles. The Morgan fingerprint density at radius 1 is 1.19 bits per heavy atom. The van der Waals surface area contributed by atoms with Gasteiger partial charge < -0.3 is 19.2 Å². The van der Waals surface area contributed by atoms with E-state index in [0.717, 1.165) is 5.69 Å². The summed E-state index contributed by atoms with van der Waals surface area (Å²) in [6.45, 7) is 0.360. The third-order valence-electron chi connectivity index (χ3n) is 3.71. The zero-order valence-corrected chi connectivity index (χ0v) is 15.8. The van der Waals surface area contributed by atoms with Crippen LogP contribution in [0.2, 0.25) is 0 Å². The highest BCUT2D eigenvalue weighted by Crippen LogP contribution is 2.25. The second-order valence-corrected chi connectivity index (χ2v) is 6.44. The van der Waals surface area contributed by atoms with E-state index in [9.17, 15) is 4.79 Å². The molecule has 9 heteroatoms. The van der Waals surface area contributed by atoms with E-state index in [-0.39, 0.29) is 11.7 Å². The number of hydrogen-bond donors (Lipinski definition) is 1. The Morgan fingerprint density at radius 2 is 1.96 bits per heavy atom. The van der Waals surface area contributed by atoms with E-state index in [1.54, 1.807) is 32.6 Å². The van der Waals surface area contributed by atoms with Crippen molar-refractivity contribution in [3.05, 3.63) is 48.7 Å². The van der Waals surface area contributed by atoms with E-state index in [1.807, 2.05) is 34.9 Å². The number of nitrogens with one attached hydrogen (secondary N) is 1. The minimum atomic E-state index is -0.479. The average Bonchev–Trinajstić information content (AvgIpc) is 3.35. The molecule has 0 fully saturated rings. The van der Waals surface area contributed by atoms with Gasteiger partial charge in [-0.3, -0.25) is 9.36 Å². The minimum Gasteiger partial charge on any atom is -0.461 e. The van der Waals surface area contributed by atoms with Crippen LogP contribution in [0.25, 0.3) is 11.6 Å². The molecule has 1 N–H and O–H groups in total. The van der Waals surface area contributed by atoms with E-state index >= 15 is 0 Å². The molecule has 0 radical (unpaired) electrons. The standard InChI is InChI=1S/C18H20N4O4S/c1-24-16(25-2)11-22-17(14-9-6-10-26-14)20-21-18(22)27-12-15(23)19-13-7-4-3-5-8-13/h3-10,16H,11-12H2,1-2H3,(H,19,23). The van der Waals surface area contributed by atoms with Gasteiger partial charge in [-0.25, -0.2) is 0 Å². The van der Waals surface area contributed by atoms with Crippen molar-refractivity contribution >= 4 is 23.4 Å². The SMILES string of the molecule is COC(Cn1c(SCC(=O)Nc2ccccc2)nnc1-c1ccco1)OC. The summed E-state index contributed by atoms with van der Waals surface area (Å²) in [5.41, 5.74) is 0.750. The number of furan rings is 1. The number of carbonyl (C=O) groups excluding carboxylic acids is 1. The van der Waals surface area contributed by atoms with Crippen LogP contribution in [0.15, 0.2) is 58.3 Å². The second-order valence-electron chi connectivity index (χ2n) is 5.50. The predicted octanol–water partition coefficient (Wildman–Crippen LogP) is 2.89. The van der Waals surface area contributed by atoms with Crippen LogP contribution in [0.1, 0.15) is 0 Å². The van der Waals surface area contributed by atoms with Crippen molar-refractivity contribution in [3.8, 4) is 11.6 Å². The quantitative estimate of drug-likeness (QED) is 0.445. The Kier molecular flexibility index (Phi) is 6.64. The lowest BCUT2D eigenvalue weighted by molar-refractivity contribution is -0.113. The number of para-hydroxylation sites is 1. The van der Waals surface area contributed by atoms with E-state index in [0.29, 0.717) is 23.3 Å². The van der Waals surface area contributed by atoms with Gasteiger partial charge in [0.2, 0.25) is 11.7 Å². The molecule has 0 aliphatic carbocycles. The van der Waals surface area contributed by atoms with Gasteiger partial charge in [-0.15, -0.1) is 10.2 Å². The molecule has 3 rings (SSSR count). The number of rotatable bonds is 9. The zero-order chi connectivity index (χ0) is 19.1. The third-order valence-corrected chi connectivity index (χ3v) is 4.67. The van der Waals surface area contributed by atoms with Crippen LogP contribution in [-0.4, -0.2) is 46.9 Å². The van der Waals surface area contributed by atoms with Gasteiger partial charge in [0.05, 0.1) is 18.6 Å². The van der Waals surface area contributed by atoms with Gasteiger partial charge in [-0.1, -0.05) is 30.0 Å². The number of thioether (sulfide) groups is 1. The minimum absolute atomic E-state index is 0.129. The lowest BCUT2D eigenvalue weighted by atomic mass is 10.3. The number of aromatic nitrogens is 3. The van der Waals surface area contributed by atoms with Crippen molar-refractivity contribution in [1.29, 1.82) is 0 Å². The molecule has 0 saturated carbocycles. The second kappa shape index (κ2) is 9.36. The molecule has 0 bridgehead atoms. The molecule has 1 aromatic carbocycles. The maximum Gasteiger partial charge on any atom is 0.234 e. The Hall–Kier alpha value is -2.62. The van der Waals surface area contributed by atoms with Gasteiger partial charge in [0.25, 0.3) is 0 Å². The van der Waals surface area contributed by atoms with Gasteiger partial charge in [0, 0.05) is 19.9 Å². The fourth-order valence-corrected chi connectivity index (χ4v) is 3.14. The third kappa shape index (κ3) is 4.97. The average molecular weight is 388 g/mol. The Balaban J connectivity index is 1.73. The molecule has 0 saturated heterocycles. The van der Waals surface area contributed by atoms with E-state index in [2.05, 4.69) is 15.5 Å². The van der Waals surface area contributed by atoms with Crippen molar-refractivity contribution in [1.82, 2.24) is 14.8 Å². The van der Waals surface area contributed by atoms with E-state index in [4.69, 9.17) is 13.9 Å². The van der Waals surface area contributed by atoms with Crippen LogP contribution >= 0.6 is 11.8 Å². The largest absolute Gasteiger partial charge is 0.461 e. The molecule has 0 unspecified atom stereocenters. The van der Waals surface area contributed by atoms with Crippen LogP contribution in [-0.2, 0) is 20.8 Å². The lowest BCUT2D eigenvalue weighted by Crippen LogP contribution is -2.22. The molecule has 8 nitrogen and oxygen atoms in total. The van der Waals surface area contributed by atoms with Gasteiger partial charge in [0.1, 0.15) is 0 Å². The molecule has 3 aromatic rings. The summed E-state index contributed by atoms with van der Waals surface area (Å²) in [7, 11) is 3.12. The maximum atomic E-state index is 12.2. The van der Waals surface area contributed by atoms with Crippen molar-refractivity contribution < 1.29 is 18.7 Å². The first-order chi connectivity index (χ1) is 13.2. The number of benzene rings is 1. The maximum absolute atomic E-state index is 12.2. The summed E-state index contributed by atoms with van der Waals surface area (Å²) >= 11 is 1.28. The van der Waals surface area contributed by atoms with Crippen LogP contribution in [0.3, 0.4) is 0 Å². The molecule has 142 valence electrons. The van der Waals surface area contributed by atoms with Gasteiger partial charge in [0.15, 0.2) is 17.2 Å². The summed E-state index contributed by atoms with van der Waals surface area (Å²) in [5, 5.41) is 11.8. The Bertz CT molecular complexity index is 848. The Labute approximate surface area is 160 Å². The molecule has 2 aromatic heterocycles. The predicted molar refractivity (Wildman–Crippen MR) is 101 cm³/mol. The fraction of sp³-hybridized carbons (Fsp3) is 0.278. The van der Waals surface area contributed by atoms with Crippen LogP contribution < -0.4 is 5.32 Å². The highest BCUT2D eigenvalue weighted by molar-refractivity contribution is 7.99. The van der Waals surface area contributed by atoms with E-state index in [1.165, 1.54) is 11.8 Å². The summed E-state index contributed by atoms with van der Waals surface area (Å²) in [5.74, 6) is 1.19. The summed E-state index contributed by atoms with van der Waals surface area (Å²) in [4.78, 5) is 12.2. The number of methoxy groups -OCH3 is 2. The molecule has 0 spiro atoms. The highest BCUT2D eigenvalue weighted by Gasteiger charge is 2.20. The van der Waals surface area contributed by atoms with Crippen molar-refractivity contribution in [2.24, 2.45) is 0 Å². The van der Waals surface area contributed by atoms with Gasteiger partial charge in [-0.2, -0.15) is 0 Å². The first kappa shape index (κ1) is 19.2. The van der Waals surface area contributed by atoms with Gasteiger partial charge in [-0.05, 0) is 24.3 Å². The summed E-state index contributed by atoms with van der Waals surface area (Å²) < 4.78 is 17.8. The highest BCUT2D eigenvalue weighted by atomic mass is 32.2. The molecule has 2 heterocycles. The number of hydrogen-bond acceptors (Lipinski definition) is 7. The number of anilines is 1. The zero-order valence-electron chi connectivity index (χ0n) is 15.0. The van der Waals surface area contributed by atoms with E-state index < -0.39 is 6.29 Å². The molecule has 1 amide bonds. The van der Waals surface area contributed by atoms with Crippen molar-refractivity contribution in [2.45, 2.75) is 18.0 Å². The lowest BCUT2D eigenvalue weighted by Gasteiger charge is -2.16. The van der Waals surface area contributed by atoms with Crippen molar-refractivity contribution in [3.63, 3.8) is 0 Å². The number of amides is 1. The number of ether oxygens (including phenoxy) is 2. The first-order valence-electron chi connectivity index (χ1n) is 8.21. The van der Waals surface area contributed by atoms with Gasteiger partial charge >= 0.3 is 0 Å².